The molecule has 4 heteroatoms. The molecule has 18 heavy (non-hydrogen) atoms. The van der Waals surface area contributed by atoms with E-state index < -0.39 is 6.04 Å². The molecule has 1 N–H and O–H groups in total. The van der Waals surface area contributed by atoms with Crippen molar-refractivity contribution in [2.75, 3.05) is 7.05 Å². The highest BCUT2D eigenvalue weighted by molar-refractivity contribution is 6.30. The first-order valence-electron chi connectivity index (χ1n) is 5.49. The first kappa shape index (κ1) is 13.0. The lowest BCUT2D eigenvalue weighted by atomic mass is 9.98. The zero-order valence-corrected chi connectivity index (χ0v) is 10.5. The first-order chi connectivity index (χ1) is 8.61. The second-order valence-corrected chi connectivity index (χ2v) is 4.38. The zero-order chi connectivity index (χ0) is 13.1. The predicted octanol–water partition coefficient (Wildman–Crippen LogP) is 3.93. The van der Waals surface area contributed by atoms with E-state index in [1.165, 1.54) is 24.3 Å². The number of hydrogen-bond donors (Lipinski definition) is 1. The van der Waals surface area contributed by atoms with Gasteiger partial charge in [0.2, 0.25) is 0 Å². The molecule has 0 aromatic heterocycles. The van der Waals surface area contributed by atoms with Crippen LogP contribution in [0.5, 0.6) is 0 Å². The monoisotopic (exact) mass is 267 g/mol. The van der Waals surface area contributed by atoms with E-state index in [4.69, 9.17) is 11.6 Å². The Morgan fingerprint density at radius 2 is 1.89 bits per heavy atom. The molecule has 0 saturated carbocycles. The molecule has 94 valence electrons. The molecule has 1 nitrogen and oxygen atoms in total. The van der Waals surface area contributed by atoms with Crippen LogP contribution in [-0.4, -0.2) is 7.05 Å². The summed E-state index contributed by atoms with van der Waals surface area (Å²) >= 11 is 5.87. The second kappa shape index (κ2) is 5.46. The molecule has 0 heterocycles. The molecule has 0 saturated heterocycles. The van der Waals surface area contributed by atoms with Crippen LogP contribution in [0.15, 0.2) is 42.5 Å². The predicted molar refractivity (Wildman–Crippen MR) is 68.7 cm³/mol. The van der Waals surface area contributed by atoms with Gasteiger partial charge in [-0.15, -0.1) is 0 Å². The van der Waals surface area contributed by atoms with E-state index in [2.05, 4.69) is 5.32 Å². The number of hydrogen-bond acceptors (Lipinski definition) is 1. The molecule has 1 atom stereocenters. The molecule has 0 fully saturated rings. The Morgan fingerprint density at radius 3 is 2.56 bits per heavy atom. The lowest BCUT2D eigenvalue weighted by Gasteiger charge is -2.18. The van der Waals surface area contributed by atoms with Crippen LogP contribution in [0, 0.1) is 11.6 Å². The minimum Gasteiger partial charge on any atom is -0.309 e. The highest BCUT2D eigenvalue weighted by Crippen LogP contribution is 2.27. The molecule has 0 aliphatic heterocycles. The number of benzene rings is 2. The van der Waals surface area contributed by atoms with E-state index in [1.54, 1.807) is 25.2 Å². The van der Waals surface area contributed by atoms with Crippen molar-refractivity contribution < 1.29 is 8.78 Å². The van der Waals surface area contributed by atoms with Gasteiger partial charge in [-0.3, -0.25) is 0 Å². The van der Waals surface area contributed by atoms with Crippen LogP contribution < -0.4 is 5.32 Å². The van der Waals surface area contributed by atoms with Crippen molar-refractivity contribution in [2.45, 2.75) is 6.04 Å². The highest BCUT2D eigenvalue weighted by Gasteiger charge is 2.16. The number of nitrogens with one attached hydrogen (secondary N) is 1. The summed E-state index contributed by atoms with van der Waals surface area (Å²) in [4.78, 5) is 0. The average molecular weight is 268 g/mol. The Balaban J connectivity index is 2.48. The molecule has 1 unspecified atom stereocenters. The lowest BCUT2D eigenvalue weighted by molar-refractivity contribution is 0.571. The summed E-state index contributed by atoms with van der Waals surface area (Å²) in [5.74, 6) is -0.724. The van der Waals surface area contributed by atoms with E-state index in [1.807, 2.05) is 0 Å². The molecule has 2 rings (SSSR count). The Hall–Kier alpha value is -1.45. The zero-order valence-electron chi connectivity index (χ0n) is 9.75. The maximum Gasteiger partial charge on any atom is 0.128 e. The fourth-order valence-electron chi connectivity index (χ4n) is 1.92. The Bertz CT molecular complexity index is 557. The van der Waals surface area contributed by atoms with Gasteiger partial charge in [-0.2, -0.15) is 0 Å². The molecular formula is C14H12ClF2N. The molecule has 0 aliphatic rings. The molecule has 2 aromatic rings. The summed E-state index contributed by atoms with van der Waals surface area (Å²) in [5.41, 5.74) is 1.05. The van der Waals surface area contributed by atoms with Crippen LogP contribution in [0.1, 0.15) is 17.2 Å². The van der Waals surface area contributed by atoms with Crippen molar-refractivity contribution in [3.8, 4) is 0 Å². The fourth-order valence-corrected chi connectivity index (χ4v) is 2.10. The van der Waals surface area contributed by atoms with Gasteiger partial charge in [0.1, 0.15) is 11.6 Å². The van der Waals surface area contributed by atoms with Crippen LogP contribution in [0.3, 0.4) is 0 Å². The molecular weight excluding hydrogens is 256 g/mol. The largest absolute Gasteiger partial charge is 0.309 e. The van der Waals surface area contributed by atoms with Gasteiger partial charge in [-0.1, -0.05) is 23.7 Å². The Kier molecular flexibility index (Phi) is 3.94. The van der Waals surface area contributed by atoms with E-state index >= 15 is 0 Å². The van der Waals surface area contributed by atoms with Gasteiger partial charge in [-0.25, -0.2) is 8.78 Å². The summed E-state index contributed by atoms with van der Waals surface area (Å²) in [6, 6.07) is 9.97. The van der Waals surface area contributed by atoms with Gasteiger partial charge in [0.05, 0.1) is 6.04 Å². The van der Waals surface area contributed by atoms with Crippen molar-refractivity contribution >= 4 is 11.6 Å². The summed E-state index contributed by atoms with van der Waals surface area (Å²) in [5, 5.41) is 3.41. The molecule has 0 amide bonds. The van der Waals surface area contributed by atoms with Crippen LogP contribution in [-0.2, 0) is 0 Å². The number of rotatable bonds is 3. The van der Waals surface area contributed by atoms with Crippen molar-refractivity contribution in [1.29, 1.82) is 0 Å². The summed E-state index contributed by atoms with van der Waals surface area (Å²) in [6.07, 6.45) is 0. The second-order valence-electron chi connectivity index (χ2n) is 3.94. The minimum atomic E-state index is -0.431. The van der Waals surface area contributed by atoms with Crippen molar-refractivity contribution in [2.24, 2.45) is 0 Å². The molecule has 0 spiro atoms. The molecule has 0 radical (unpaired) electrons. The smallest absolute Gasteiger partial charge is 0.128 e. The summed E-state index contributed by atoms with van der Waals surface area (Å²) in [6.45, 7) is 0. The van der Waals surface area contributed by atoms with Gasteiger partial charge < -0.3 is 5.32 Å². The third-order valence-electron chi connectivity index (χ3n) is 2.74. The molecule has 0 aliphatic carbocycles. The molecule has 2 aromatic carbocycles. The lowest BCUT2D eigenvalue weighted by Crippen LogP contribution is -2.19. The van der Waals surface area contributed by atoms with Gasteiger partial charge in [0.15, 0.2) is 0 Å². The maximum atomic E-state index is 13.8. The van der Waals surface area contributed by atoms with Crippen molar-refractivity contribution in [3.63, 3.8) is 0 Å². The molecule has 0 bridgehead atoms. The summed E-state index contributed by atoms with van der Waals surface area (Å²) < 4.78 is 27.0. The van der Waals surface area contributed by atoms with Crippen molar-refractivity contribution in [1.82, 2.24) is 5.32 Å². The van der Waals surface area contributed by atoms with Gasteiger partial charge in [0, 0.05) is 10.6 Å². The SMILES string of the molecule is CNC(c1cccc(F)c1)c1cc(Cl)ccc1F. The van der Waals surface area contributed by atoms with E-state index in [-0.39, 0.29) is 11.6 Å². The Labute approximate surface area is 109 Å². The minimum absolute atomic E-state index is 0.352. The fraction of sp³-hybridized carbons (Fsp3) is 0.143. The van der Waals surface area contributed by atoms with Gasteiger partial charge in [0.25, 0.3) is 0 Å². The third kappa shape index (κ3) is 2.68. The quantitative estimate of drug-likeness (QED) is 0.889. The van der Waals surface area contributed by atoms with E-state index in [0.29, 0.717) is 16.1 Å². The highest BCUT2D eigenvalue weighted by atomic mass is 35.5. The Morgan fingerprint density at radius 1 is 1.11 bits per heavy atom. The van der Waals surface area contributed by atoms with Crippen LogP contribution in [0.4, 0.5) is 8.78 Å². The third-order valence-corrected chi connectivity index (χ3v) is 2.97. The van der Waals surface area contributed by atoms with E-state index in [9.17, 15) is 8.78 Å². The summed E-state index contributed by atoms with van der Waals surface area (Å²) in [7, 11) is 1.69. The van der Waals surface area contributed by atoms with Crippen molar-refractivity contribution in [3.05, 3.63) is 70.2 Å². The van der Waals surface area contributed by atoms with Gasteiger partial charge in [-0.05, 0) is 42.9 Å². The topological polar surface area (TPSA) is 12.0 Å². The normalized spacial score (nSPS) is 12.4. The van der Waals surface area contributed by atoms with E-state index in [0.717, 1.165) is 0 Å². The van der Waals surface area contributed by atoms with Crippen LogP contribution >= 0.6 is 11.6 Å². The number of halogens is 3. The standard InChI is InChI=1S/C14H12ClF2N/c1-18-14(9-3-2-4-11(16)7-9)12-8-10(15)5-6-13(12)17/h2-8,14,18H,1H3. The van der Waals surface area contributed by atoms with Gasteiger partial charge >= 0.3 is 0 Å². The average Bonchev–Trinajstić information content (AvgIpc) is 2.35. The maximum absolute atomic E-state index is 13.8. The van der Waals surface area contributed by atoms with Crippen LogP contribution in [0.2, 0.25) is 5.02 Å². The van der Waals surface area contributed by atoms with Crippen LogP contribution in [0.25, 0.3) is 0 Å². The first-order valence-corrected chi connectivity index (χ1v) is 5.87.